The van der Waals surface area contributed by atoms with Gasteiger partial charge >= 0.3 is 0 Å². The lowest BCUT2D eigenvalue weighted by molar-refractivity contribution is 0.301. The van der Waals surface area contributed by atoms with Crippen LogP contribution in [-0.4, -0.2) is 57.7 Å². The standard InChI is InChI=1S/C28H29N7/c1-19-14-34(17-23(19)15-32(2)3)27-9-8-25-24(31-27)18-33-16-22(21-6-4-20(13-29)5-7-21)12-26(33)28-30-10-11-35(25)28/h4-12,16,19,23H,14-15,17-18H2,1-3H3/t19-,23+/m1/s1. The maximum atomic E-state index is 9.13. The highest BCUT2D eigenvalue weighted by molar-refractivity contribution is 5.72. The van der Waals surface area contributed by atoms with Gasteiger partial charge in [0.1, 0.15) is 5.82 Å². The van der Waals surface area contributed by atoms with Crippen LogP contribution in [0.3, 0.4) is 0 Å². The molecular formula is C28H29N7. The summed E-state index contributed by atoms with van der Waals surface area (Å²) in [6.07, 6.45) is 6.04. The fourth-order valence-electron chi connectivity index (χ4n) is 5.49. The molecule has 0 spiro atoms. The van der Waals surface area contributed by atoms with Gasteiger partial charge in [0.2, 0.25) is 0 Å². The lowest BCUT2D eigenvalue weighted by atomic mass is 9.98. The van der Waals surface area contributed by atoms with E-state index in [-0.39, 0.29) is 0 Å². The molecule has 0 bridgehead atoms. The van der Waals surface area contributed by atoms with Crippen LogP contribution in [0, 0.1) is 23.2 Å². The molecule has 0 N–H and O–H groups in total. The fourth-order valence-corrected chi connectivity index (χ4v) is 5.49. The van der Waals surface area contributed by atoms with Gasteiger partial charge in [-0.1, -0.05) is 19.1 Å². The summed E-state index contributed by atoms with van der Waals surface area (Å²) in [4.78, 5) is 14.6. The van der Waals surface area contributed by atoms with Crippen molar-refractivity contribution in [3.63, 3.8) is 0 Å². The Bertz CT molecular complexity index is 1420. The molecule has 35 heavy (non-hydrogen) atoms. The molecule has 7 heteroatoms. The predicted octanol–water partition coefficient (Wildman–Crippen LogP) is 4.27. The van der Waals surface area contributed by atoms with Crippen molar-refractivity contribution in [1.29, 1.82) is 5.26 Å². The lowest BCUT2D eigenvalue weighted by Gasteiger charge is -2.21. The highest BCUT2D eigenvalue weighted by atomic mass is 15.2. The van der Waals surface area contributed by atoms with E-state index in [9.17, 15) is 0 Å². The number of nitrogens with zero attached hydrogens (tertiary/aromatic N) is 7. The number of fused-ring (bicyclic) bond motifs is 5. The lowest BCUT2D eigenvalue weighted by Crippen LogP contribution is -2.27. The minimum atomic E-state index is 0.643. The molecule has 1 saturated heterocycles. The molecule has 3 aromatic heterocycles. The zero-order chi connectivity index (χ0) is 24.1. The van der Waals surface area contributed by atoms with Crippen LogP contribution in [0.1, 0.15) is 18.2 Å². The summed E-state index contributed by atoms with van der Waals surface area (Å²) in [7, 11) is 4.30. The third-order valence-electron chi connectivity index (χ3n) is 7.32. The monoisotopic (exact) mass is 463 g/mol. The Kier molecular flexibility index (Phi) is 5.19. The third kappa shape index (κ3) is 3.80. The summed E-state index contributed by atoms with van der Waals surface area (Å²) in [6, 6.07) is 16.5. The highest BCUT2D eigenvalue weighted by Crippen LogP contribution is 2.35. The highest BCUT2D eigenvalue weighted by Gasteiger charge is 2.31. The van der Waals surface area contributed by atoms with Crippen molar-refractivity contribution >= 4 is 5.82 Å². The van der Waals surface area contributed by atoms with Crippen molar-refractivity contribution in [2.75, 3.05) is 38.6 Å². The Balaban J connectivity index is 1.36. The Morgan fingerprint density at radius 2 is 1.91 bits per heavy atom. The first-order valence-electron chi connectivity index (χ1n) is 12.1. The van der Waals surface area contributed by atoms with E-state index in [0.29, 0.717) is 23.9 Å². The van der Waals surface area contributed by atoms with Crippen LogP contribution in [-0.2, 0) is 6.54 Å². The van der Waals surface area contributed by atoms with E-state index in [2.05, 4.69) is 70.4 Å². The van der Waals surface area contributed by atoms with Crippen molar-refractivity contribution in [2.24, 2.45) is 11.8 Å². The zero-order valence-electron chi connectivity index (χ0n) is 20.4. The van der Waals surface area contributed by atoms with Gasteiger partial charge in [0.25, 0.3) is 0 Å². The van der Waals surface area contributed by atoms with Gasteiger partial charge in [-0.2, -0.15) is 5.26 Å². The van der Waals surface area contributed by atoms with Gasteiger partial charge in [-0.15, -0.1) is 0 Å². The number of rotatable bonds is 4. The van der Waals surface area contributed by atoms with Gasteiger partial charge in [0.15, 0.2) is 5.82 Å². The predicted molar refractivity (Wildman–Crippen MR) is 137 cm³/mol. The number of nitriles is 1. The number of hydrogen-bond acceptors (Lipinski definition) is 5. The fraction of sp³-hybridized carbons (Fsp3) is 0.321. The Morgan fingerprint density at radius 3 is 2.69 bits per heavy atom. The maximum Gasteiger partial charge on any atom is 0.161 e. The van der Waals surface area contributed by atoms with E-state index < -0.39 is 0 Å². The molecule has 5 heterocycles. The largest absolute Gasteiger partial charge is 0.356 e. The van der Waals surface area contributed by atoms with Crippen molar-refractivity contribution in [1.82, 2.24) is 24.0 Å². The number of anilines is 1. The van der Waals surface area contributed by atoms with E-state index in [1.54, 1.807) is 0 Å². The summed E-state index contributed by atoms with van der Waals surface area (Å²) in [5.41, 5.74) is 6.06. The first-order valence-corrected chi connectivity index (χ1v) is 12.1. The Morgan fingerprint density at radius 1 is 1.09 bits per heavy atom. The second-order valence-corrected chi connectivity index (χ2v) is 10.1. The molecule has 176 valence electrons. The molecule has 2 atom stereocenters. The number of benzene rings is 1. The molecule has 6 rings (SSSR count). The summed E-state index contributed by atoms with van der Waals surface area (Å²) >= 11 is 0. The van der Waals surface area contributed by atoms with Gasteiger partial charge < -0.3 is 14.4 Å². The number of imidazole rings is 1. The molecule has 2 aliphatic rings. The van der Waals surface area contributed by atoms with Crippen LogP contribution in [0.15, 0.2) is 61.1 Å². The first-order chi connectivity index (χ1) is 17.0. The molecule has 7 nitrogen and oxygen atoms in total. The minimum absolute atomic E-state index is 0.643. The summed E-state index contributed by atoms with van der Waals surface area (Å²) in [5.74, 6) is 3.27. The maximum absolute atomic E-state index is 9.13. The van der Waals surface area contributed by atoms with Gasteiger partial charge in [0.05, 0.1) is 35.3 Å². The molecule has 1 fully saturated rings. The van der Waals surface area contributed by atoms with E-state index >= 15 is 0 Å². The van der Waals surface area contributed by atoms with Gasteiger partial charge in [-0.3, -0.25) is 4.57 Å². The van der Waals surface area contributed by atoms with E-state index in [4.69, 9.17) is 15.2 Å². The van der Waals surface area contributed by atoms with Crippen LogP contribution >= 0.6 is 0 Å². The van der Waals surface area contributed by atoms with Gasteiger partial charge in [-0.05, 0) is 61.8 Å². The first kappa shape index (κ1) is 21.6. The number of aromatic nitrogens is 4. The number of pyridine rings is 1. The molecular weight excluding hydrogens is 434 g/mol. The SMILES string of the molecule is C[C@@H]1CN(c2ccc3c(n2)Cn2cc(-c4ccc(C#N)cc4)cc2-c2nccn2-3)C[C@@H]1CN(C)C. The smallest absolute Gasteiger partial charge is 0.161 e. The van der Waals surface area contributed by atoms with Crippen molar-refractivity contribution in [3.8, 4) is 34.4 Å². The van der Waals surface area contributed by atoms with E-state index in [0.717, 1.165) is 59.5 Å². The molecule has 0 unspecified atom stereocenters. The molecule has 0 radical (unpaired) electrons. The van der Waals surface area contributed by atoms with Gasteiger partial charge in [0, 0.05) is 43.8 Å². The Hall–Kier alpha value is -3.89. The second-order valence-electron chi connectivity index (χ2n) is 10.1. The Labute approximate surface area is 205 Å². The zero-order valence-corrected chi connectivity index (χ0v) is 20.4. The normalized spacial score (nSPS) is 18.7. The van der Waals surface area contributed by atoms with Crippen LogP contribution < -0.4 is 4.90 Å². The van der Waals surface area contributed by atoms with Crippen LogP contribution in [0.25, 0.3) is 28.3 Å². The van der Waals surface area contributed by atoms with Crippen LogP contribution in [0.2, 0.25) is 0 Å². The average Bonchev–Trinajstić information content (AvgIpc) is 3.56. The molecule has 0 aliphatic carbocycles. The van der Waals surface area contributed by atoms with Crippen LogP contribution in [0.5, 0.6) is 0 Å². The topological polar surface area (TPSA) is 65.9 Å². The van der Waals surface area contributed by atoms with E-state index in [1.165, 1.54) is 0 Å². The summed E-state index contributed by atoms with van der Waals surface area (Å²) in [6.45, 7) is 6.22. The second kappa shape index (κ2) is 8.40. The quantitative estimate of drug-likeness (QED) is 0.398. The van der Waals surface area contributed by atoms with Crippen molar-refractivity contribution < 1.29 is 0 Å². The van der Waals surface area contributed by atoms with Crippen molar-refractivity contribution in [2.45, 2.75) is 13.5 Å². The van der Waals surface area contributed by atoms with E-state index in [1.807, 2.05) is 36.7 Å². The average molecular weight is 464 g/mol. The van der Waals surface area contributed by atoms with Crippen LogP contribution in [0.4, 0.5) is 5.82 Å². The molecule has 4 aromatic rings. The van der Waals surface area contributed by atoms with Crippen molar-refractivity contribution in [3.05, 3.63) is 72.3 Å². The molecule has 0 saturated carbocycles. The number of hydrogen-bond donors (Lipinski definition) is 0. The molecule has 2 aliphatic heterocycles. The third-order valence-corrected chi connectivity index (χ3v) is 7.32. The molecule has 1 aromatic carbocycles. The summed E-state index contributed by atoms with van der Waals surface area (Å²) < 4.78 is 4.39. The molecule has 0 amide bonds. The minimum Gasteiger partial charge on any atom is -0.356 e. The van der Waals surface area contributed by atoms with Gasteiger partial charge in [-0.25, -0.2) is 9.97 Å². The summed E-state index contributed by atoms with van der Waals surface area (Å²) in [5, 5.41) is 9.13.